The molecular weight excluding hydrogens is 347 g/mol. The maximum atomic E-state index is 12.8. The Morgan fingerprint density at radius 2 is 1.96 bits per heavy atom. The lowest BCUT2D eigenvalue weighted by Crippen LogP contribution is -2.35. The zero-order valence-electron chi connectivity index (χ0n) is 12.9. The number of carbonyl (C=O) groups excluding carboxylic acids is 2. The molecule has 3 rings (SSSR count). The normalized spacial score (nSPS) is 10.6. The Morgan fingerprint density at radius 3 is 2.72 bits per heavy atom. The number of hydrogen-bond donors (Lipinski definition) is 2. The molecule has 25 heavy (non-hydrogen) atoms. The number of halogens is 1. The van der Waals surface area contributed by atoms with E-state index in [4.69, 9.17) is 0 Å². The van der Waals surface area contributed by atoms with E-state index in [1.54, 1.807) is 11.6 Å². The number of anilines is 1. The van der Waals surface area contributed by atoms with E-state index in [9.17, 15) is 18.8 Å². The molecule has 2 N–H and O–H groups in total. The van der Waals surface area contributed by atoms with Crippen molar-refractivity contribution in [3.05, 3.63) is 63.8 Å². The van der Waals surface area contributed by atoms with Gasteiger partial charge in [-0.15, -0.1) is 11.3 Å². The second-order valence-corrected chi connectivity index (χ2v) is 5.97. The first-order chi connectivity index (χ1) is 12.0. The molecule has 0 aliphatic carbocycles. The zero-order valence-corrected chi connectivity index (χ0v) is 13.7. The first-order valence-corrected chi connectivity index (χ1v) is 8.17. The third kappa shape index (κ3) is 3.89. The summed E-state index contributed by atoms with van der Waals surface area (Å²) in [5.41, 5.74) is 0.192. The first-order valence-electron chi connectivity index (χ1n) is 7.29. The number of ketones is 1. The van der Waals surface area contributed by atoms with Crippen molar-refractivity contribution in [2.75, 3.05) is 18.4 Å². The van der Waals surface area contributed by atoms with Gasteiger partial charge in [-0.25, -0.2) is 9.37 Å². The highest BCUT2D eigenvalue weighted by Crippen LogP contribution is 2.07. The summed E-state index contributed by atoms with van der Waals surface area (Å²) in [6.07, 6.45) is 2.97. The number of amides is 1. The molecule has 1 amide bonds. The molecule has 1 aromatic carbocycles. The van der Waals surface area contributed by atoms with Crippen molar-refractivity contribution in [3.63, 3.8) is 0 Å². The molecule has 0 saturated heterocycles. The van der Waals surface area contributed by atoms with E-state index in [1.165, 1.54) is 46.2 Å². The third-order valence-corrected chi connectivity index (χ3v) is 4.17. The van der Waals surface area contributed by atoms with Crippen LogP contribution in [0.2, 0.25) is 0 Å². The number of rotatable bonds is 6. The summed E-state index contributed by atoms with van der Waals surface area (Å²) in [7, 11) is 0. The van der Waals surface area contributed by atoms with Crippen LogP contribution in [0.15, 0.2) is 46.8 Å². The van der Waals surface area contributed by atoms with Gasteiger partial charge in [-0.3, -0.25) is 18.8 Å². The Labute approximate surface area is 145 Å². The van der Waals surface area contributed by atoms with Gasteiger partial charge >= 0.3 is 0 Å². The van der Waals surface area contributed by atoms with Gasteiger partial charge in [0.2, 0.25) is 5.91 Å². The predicted octanol–water partition coefficient (Wildman–Crippen LogP) is 1.31. The minimum atomic E-state index is -0.453. The number of hydrogen-bond acceptors (Lipinski definition) is 6. The SMILES string of the molecule is O=C(CNc1cnc2sccn2c1=O)NCC(=O)c1ccc(F)cc1. The number of nitrogens with zero attached hydrogens (tertiary/aromatic N) is 2. The lowest BCUT2D eigenvalue weighted by atomic mass is 10.1. The van der Waals surface area contributed by atoms with Crippen molar-refractivity contribution in [2.24, 2.45) is 0 Å². The van der Waals surface area contributed by atoms with Gasteiger partial charge in [0, 0.05) is 17.1 Å². The van der Waals surface area contributed by atoms with E-state index in [0.29, 0.717) is 10.5 Å². The Hall–Kier alpha value is -3.07. The fourth-order valence-corrected chi connectivity index (χ4v) is 2.78. The minimum absolute atomic E-state index is 0.177. The van der Waals surface area contributed by atoms with Crippen LogP contribution in [0.4, 0.5) is 10.1 Å². The average Bonchev–Trinajstić information content (AvgIpc) is 3.09. The van der Waals surface area contributed by atoms with Crippen molar-refractivity contribution < 1.29 is 14.0 Å². The molecule has 0 radical (unpaired) electrons. The summed E-state index contributed by atoms with van der Waals surface area (Å²) < 4.78 is 14.2. The maximum Gasteiger partial charge on any atom is 0.281 e. The molecule has 0 aliphatic heterocycles. The number of carbonyl (C=O) groups is 2. The molecule has 2 heterocycles. The standard InChI is InChI=1S/C16H13FN4O3S/c17-11-3-1-10(2-4-11)13(22)8-19-14(23)9-18-12-7-20-16-21(15(12)24)5-6-25-16/h1-7,18H,8-9H2,(H,19,23). The summed E-state index contributed by atoms with van der Waals surface area (Å²) in [6, 6.07) is 5.06. The molecule has 0 saturated carbocycles. The number of nitrogens with one attached hydrogen (secondary N) is 2. The van der Waals surface area contributed by atoms with Crippen molar-refractivity contribution >= 4 is 33.7 Å². The number of aromatic nitrogens is 2. The van der Waals surface area contributed by atoms with Crippen LogP contribution in [0, 0.1) is 5.82 Å². The second kappa shape index (κ2) is 7.22. The molecule has 128 valence electrons. The summed E-state index contributed by atoms with van der Waals surface area (Å²) in [5, 5.41) is 6.88. The van der Waals surface area contributed by atoms with Crippen LogP contribution in [0.5, 0.6) is 0 Å². The number of thiazole rings is 1. The lowest BCUT2D eigenvalue weighted by Gasteiger charge is -2.07. The van der Waals surface area contributed by atoms with Gasteiger partial charge < -0.3 is 10.6 Å². The van der Waals surface area contributed by atoms with Crippen molar-refractivity contribution in [3.8, 4) is 0 Å². The van der Waals surface area contributed by atoms with E-state index >= 15 is 0 Å². The quantitative estimate of drug-likeness (QED) is 0.647. The van der Waals surface area contributed by atoms with Crippen LogP contribution in [-0.2, 0) is 4.79 Å². The number of fused-ring (bicyclic) bond motifs is 1. The van der Waals surface area contributed by atoms with Gasteiger partial charge in [0.1, 0.15) is 11.5 Å². The topological polar surface area (TPSA) is 92.6 Å². The van der Waals surface area contributed by atoms with Crippen LogP contribution >= 0.6 is 11.3 Å². The molecule has 0 fully saturated rings. The highest BCUT2D eigenvalue weighted by Gasteiger charge is 2.10. The summed E-state index contributed by atoms with van der Waals surface area (Å²) >= 11 is 1.33. The van der Waals surface area contributed by atoms with Gasteiger partial charge in [-0.2, -0.15) is 0 Å². The van der Waals surface area contributed by atoms with Crippen molar-refractivity contribution in [2.45, 2.75) is 0 Å². The number of benzene rings is 1. The fourth-order valence-electron chi connectivity index (χ4n) is 2.10. The minimum Gasteiger partial charge on any atom is -0.370 e. The molecule has 0 unspecified atom stereocenters. The number of Topliss-reactive ketones (excluding diaryl/α,β-unsaturated/α-hetero) is 1. The fraction of sp³-hybridized carbons (Fsp3) is 0.125. The van der Waals surface area contributed by atoms with Crippen LogP contribution in [0.3, 0.4) is 0 Å². The molecule has 0 aliphatic rings. The molecule has 0 spiro atoms. The van der Waals surface area contributed by atoms with Gasteiger partial charge in [0.15, 0.2) is 10.7 Å². The summed E-state index contributed by atoms with van der Waals surface area (Å²) in [4.78, 5) is 40.5. The van der Waals surface area contributed by atoms with E-state index < -0.39 is 11.7 Å². The highest BCUT2D eigenvalue weighted by molar-refractivity contribution is 7.15. The molecule has 2 aromatic heterocycles. The van der Waals surface area contributed by atoms with Gasteiger partial charge in [-0.1, -0.05) is 0 Å². The summed E-state index contributed by atoms with van der Waals surface area (Å²) in [6.45, 7) is -0.392. The summed E-state index contributed by atoms with van der Waals surface area (Å²) in [5.74, 6) is -1.23. The molecule has 9 heteroatoms. The van der Waals surface area contributed by atoms with Crippen molar-refractivity contribution in [1.82, 2.24) is 14.7 Å². The smallest absolute Gasteiger partial charge is 0.281 e. The predicted molar refractivity (Wildman–Crippen MR) is 91.6 cm³/mol. The Balaban J connectivity index is 1.54. The first kappa shape index (κ1) is 16.8. The van der Waals surface area contributed by atoms with E-state index in [1.807, 2.05) is 0 Å². The van der Waals surface area contributed by atoms with Crippen LogP contribution in [0.1, 0.15) is 10.4 Å². The molecule has 0 bridgehead atoms. The maximum absolute atomic E-state index is 12.8. The monoisotopic (exact) mass is 360 g/mol. The van der Waals surface area contributed by atoms with Crippen LogP contribution < -0.4 is 16.2 Å². The Bertz CT molecular complexity index is 981. The zero-order chi connectivity index (χ0) is 17.8. The Morgan fingerprint density at radius 1 is 1.20 bits per heavy atom. The molecule has 7 nitrogen and oxygen atoms in total. The van der Waals surface area contributed by atoms with Gasteiger partial charge in [0.05, 0.1) is 19.3 Å². The third-order valence-electron chi connectivity index (χ3n) is 3.39. The van der Waals surface area contributed by atoms with Crippen LogP contribution in [0.25, 0.3) is 4.96 Å². The molecule has 0 atom stereocenters. The van der Waals surface area contributed by atoms with Crippen molar-refractivity contribution in [1.29, 1.82) is 0 Å². The van der Waals surface area contributed by atoms with E-state index in [-0.39, 0.29) is 30.1 Å². The van der Waals surface area contributed by atoms with Gasteiger partial charge in [0.25, 0.3) is 5.56 Å². The molecular formula is C16H13FN4O3S. The highest BCUT2D eigenvalue weighted by atomic mass is 32.1. The largest absolute Gasteiger partial charge is 0.370 e. The van der Waals surface area contributed by atoms with E-state index in [0.717, 1.165) is 0 Å². The van der Waals surface area contributed by atoms with E-state index in [2.05, 4.69) is 15.6 Å². The lowest BCUT2D eigenvalue weighted by molar-refractivity contribution is -0.119. The van der Waals surface area contributed by atoms with Crippen LogP contribution in [-0.4, -0.2) is 34.2 Å². The Kier molecular flexibility index (Phi) is 4.85. The average molecular weight is 360 g/mol. The van der Waals surface area contributed by atoms with Gasteiger partial charge in [-0.05, 0) is 24.3 Å². The molecule has 3 aromatic rings. The second-order valence-electron chi connectivity index (χ2n) is 5.09.